The molecular formula is C54H65ClF3N4O6S3. The lowest BCUT2D eigenvalue weighted by Gasteiger charge is -2.57. The average Bonchev–Trinajstić information content (AvgIpc) is 3.32. The highest BCUT2D eigenvalue weighted by atomic mass is 35.5. The summed E-state index contributed by atoms with van der Waals surface area (Å²) in [4.78, 5) is 16.6. The number of sulfone groups is 1. The second kappa shape index (κ2) is 22.3. The molecule has 1 amide bonds. The fourth-order valence-electron chi connectivity index (χ4n) is 9.71. The van der Waals surface area contributed by atoms with Crippen molar-refractivity contribution in [2.75, 3.05) is 42.1 Å². The molecule has 0 aromatic heterocycles. The quantitative estimate of drug-likeness (QED) is 0.0728. The fourth-order valence-corrected chi connectivity index (χ4v) is 12.9. The van der Waals surface area contributed by atoms with Crippen LogP contribution in [0.3, 0.4) is 0 Å². The number of hydrogen-bond acceptors (Lipinski definition) is 10. The number of aliphatic hydroxyl groups excluding tert-OH is 1. The van der Waals surface area contributed by atoms with Gasteiger partial charge >= 0.3 is 5.51 Å². The SMILES string of the molecule is [CH2]C(N(CC)CC[C@H](CSc1ccccc1)Nc1ccc(S(=O)(=O)NC(=O)c2ccc(N3CCC([C@@H](O)c4ccccc4-c4ccc(Cl)cc4)CC3)cc2)cc1S(=O)(=O)C(F)(F)F)(C(C)(C)C)C(C)(C)C. The molecule has 71 heavy (non-hydrogen) atoms. The Morgan fingerprint density at radius 3 is 2.01 bits per heavy atom. The predicted molar refractivity (Wildman–Crippen MR) is 281 cm³/mol. The lowest BCUT2D eigenvalue weighted by Crippen LogP contribution is -2.63. The summed E-state index contributed by atoms with van der Waals surface area (Å²) in [5.74, 6) is -0.769. The molecule has 0 bridgehead atoms. The number of anilines is 2. The maximum atomic E-state index is 14.4. The summed E-state index contributed by atoms with van der Waals surface area (Å²) >= 11 is 7.55. The van der Waals surface area contributed by atoms with E-state index in [2.05, 4.69) is 56.7 Å². The minimum absolute atomic E-state index is 0.0235. The van der Waals surface area contributed by atoms with Gasteiger partial charge in [-0.3, -0.25) is 9.69 Å². The molecule has 5 aromatic rings. The van der Waals surface area contributed by atoms with E-state index >= 15 is 0 Å². The van der Waals surface area contributed by atoms with Crippen LogP contribution in [0.2, 0.25) is 5.02 Å². The van der Waals surface area contributed by atoms with Crippen LogP contribution in [-0.4, -0.2) is 81.8 Å². The van der Waals surface area contributed by atoms with Gasteiger partial charge in [0.2, 0.25) is 0 Å². The summed E-state index contributed by atoms with van der Waals surface area (Å²) in [6.07, 6.45) is 1.00. The van der Waals surface area contributed by atoms with E-state index in [0.29, 0.717) is 62.3 Å². The number of carbonyl (C=O) groups is 1. The van der Waals surface area contributed by atoms with Crippen LogP contribution < -0.4 is 14.9 Å². The van der Waals surface area contributed by atoms with E-state index < -0.39 is 64.4 Å². The minimum atomic E-state index is -6.12. The van der Waals surface area contributed by atoms with Crippen molar-refractivity contribution in [2.45, 2.75) is 106 Å². The van der Waals surface area contributed by atoms with Crippen molar-refractivity contribution >= 4 is 60.5 Å². The van der Waals surface area contributed by atoms with Crippen molar-refractivity contribution in [3.8, 4) is 11.1 Å². The van der Waals surface area contributed by atoms with Gasteiger partial charge in [-0.2, -0.15) is 13.2 Å². The third-order valence-electron chi connectivity index (χ3n) is 13.7. The van der Waals surface area contributed by atoms with Crippen LogP contribution in [0.4, 0.5) is 24.5 Å². The molecule has 10 nitrogen and oxygen atoms in total. The van der Waals surface area contributed by atoms with Gasteiger partial charge in [-0.05, 0) is 133 Å². The Labute approximate surface area is 427 Å². The van der Waals surface area contributed by atoms with Gasteiger partial charge in [0.1, 0.15) is 4.90 Å². The lowest BCUT2D eigenvalue weighted by atomic mass is 9.60. The van der Waals surface area contributed by atoms with Gasteiger partial charge in [0.15, 0.2) is 0 Å². The Morgan fingerprint density at radius 1 is 0.845 bits per heavy atom. The van der Waals surface area contributed by atoms with Gasteiger partial charge in [0, 0.05) is 58.1 Å². The van der Waals surface area contributed by atoms with Crippen molar-refractivity contribution in [1.29, 1.82) is 0 Å². The van der Waals surface area contributed by atoms with Crippen LogP contribution >= 0.6 is 23.4 Å². The number of halogens is 4. The van der Waals surface area contributed by atoms with Gasteiger partial charge in [-0.1, -0.05) is 115 Å². The molecule has 383 valence electrons. The molecule has 0 spiro atoms. The number of piperidine rings is 1. The van der Waals surface area contributed by atoms with Crippen molar-refractivity contribution in [2.24, 2.45) is 16.7 Å². The number of thioether (sulfide) groups is 1. The zero-order valence-corrected chi connectivity index (χ0v) is 44.5. The second-order valence-electron chi connectivity index (χ2n) is 20.1. The zero-order chi connectivity index (χ0) is 52.2. The summed E-state index contributed by atoms with van der Waals surface area (Å²) in [5, 5.41) is 15.2. The molecule has 1 fully saturated rings. The topological polar surface area (TPSA) is 136 Å². The van der Waals surface area contributed by atoms with Crippen LogP contribution in [0.15, 0.2) is 136 Å². The standard InChI is InChI=1S/C54H65ClF3N4O6S3/c1-9-62(53(8,51(2,3)4)52(5,6)7)34-31-41(36-69-43-15-11-10-12-16-43)59-47-28-27-44(35-48(47)70(65,66)54(56,57)58)71(67,68)60-50(64)39-21-25-42(26-22-39)61-32-29-38(30-33-61)49(63)46-18-14-13-17-45(46)37-19-23-40(55)24-20-37/h10-28,35,38,41,49,59,63H,8-9,29-34,36H2,1-7H3,(H,60,64)/t41-,49-/m1/s1. The fraction of sp³-hybridized carbons (Fsp3) is 0.407. The van der Waals surface area contributed by atoms with E-state index in [1.807, 2.05) is 90.5 Å². The molecule has 1 heterocycles. The Kier molecular flexibility index (Phi) is 17.5. The highest BCUT2D eigenvalue weighted by Crippen LogP contribution is 2.48. The molecule has 6 rings (SSSR count). The molecule has 0 unspecified atom stereocenters. The molecule has 17 heteroatoms. The van der Waals surface area contributed by atoms with Crippen LogP contribution in [0.25, 0.3) is 11.1 Å². The summed E-state index contributed by atoms with van der Waals surface area (Å²) in [6.45, 7) is 21.7. The third-order valence-corrected chi connectivity index (χ3v) is 18.0. The number of alkyl halides is 3. The molecule has 1 aliphatic rings. The minimum Gasteiger partial charge on any atom is -0.388 e. The number of rotatable bonds is 18. The lowest BCUT2D eigenvalue weighted by molar-refractivity contribution is -0.0510. The smallest absolute Gasteiger partial charge is 0.388 e. The third kappa shape index (κ3) is 12.8. The van der Waals surface area contributed by atoms with Crippen molar-refractivity contribution in [3.63, 3.8) is 0 Å². The first-order valence-corrected chi connectivity index (χ1v) is 28.0. The Hall–Kier alpha value is -4.58. The van der Waals surface area contributed by atoms with Crippen LogP contribution in [0.5, 0.6) is 0 Å². The van der Waals surface area contributed by atoms with Gasteiger partial charge in [0.05, 0.1) is 16.7 Å². The van der Waals surface area contributed by atoms with Crippen LogP contribution in [-0.2, 0) is 19.9 Å². The number of benzene rings is 5. The number of nitrogens with one attached hydrogen (secondary N) is 2. The number of hydrogen-bond donors (Lipinski definition) is 3. The second-order valence-corrected chi connectivity index (χ2v) is 25.3. The van der Waals surface area contributed by atoms with Crippen LogP contribution in [0.1, 0.15) is 89.8 Å². The molecular weight excluding hydrogens is 989 g/mol. The molecule has 1 radical (unpaired) electrons. The maximum absolute atomic E-state index is 14.4. The van der Waals surface area contributed by atoms with Crippen molar-refractivity contribution in [1.82, 2.24) is 9.62 Å². The number of aliphatic hydroxyl groups is 1. The largest absolute Gasteiger partial charge is 0.501 e. The van der Waals surface area contributed by atoms with Gasteiger partial charge in [-0.25, -0.2) is 21.6 Å². The van der Waals surface area contributed by atoms with E-state index in [4.69, 9.17) is 18.5 Å². The van der Waals surface area contributed by atoms with Crippen molar-refractivity contribution < 1.29 is 39.9 Å². The first-order chi connectivity index (χ1) is 33.2. The summed E-state index contributed by atoms with van der Waals surface area (Å²) in [5.41, 5.74) is -3.97. The Morgan fingerprint density at radius 2 is 1.44 bits per heavy atom. The Bertz CT molecular complexity index is 2820. The monoisotopic (exact) mass is 1050 g/mol. The molecule has 5 aromatic carbocycles. The number of amides is 1. The summed E-state index contributed by atoms with van der Waals surface area (Å²) in [7, 11) is -11.0. The van der Waals surface area contributed by atoms with Gasteiger partial charge in [-0.15, -0.1) is 11.8 Å². The van der Waals surface area contributed by atoms with E-state index in [1.54, 1.807) is 12.1 Å². The van der Waals surface area contributed by atoms with Gasteiger partial charge in [0.25, 0.3) is 25.8 Å². The molecule has 2 atom stereocenters. The average molecular weight is 1050 g/mol. The number of sulfonamides is 1. The first-order valence-electron chi connectivity index (χ1n) is 23.6. The number of carbonyl (C=O) groups excluding carboxylic acids is 1. The highest BCUT2D eigenvalue weighted by molar-refractivity contribution is 7.99. The predicted octanol–water partition coefficient (Wildman–Crippen LogP) is 12.3. The van der Waals surface area contributed by atoms with Gasteiger partial charge < -0.3 is 15.3 Å². The molecule has 0 aliphatic carbocycles. The zero-order valence-electron chi connectivity index (χ0n) is 41.3. The highest BCUT2D eigenvalue weighted by Gasteiger charge is 2.51. The first kappa shape index (κ1) is 55.7. The maximum Gasteiger partial charge on any atom is 0.501 e. The van der Waals surface area contributed by atoms with Crippen molar-refractivity contribution in [3.05, 3.63) is 144 Å². The summed E-state index contributed by atoms with van der Waals surface area (Å²) in [6, 6.07) is 32.6. The normalized spacial score (nSPS) is 15.4. The molecule has 1 saturated heterocycles. The molecule has 3 N–H and O–H groups in total. The van der Waals surface area contributed by atoms with E-state index in [0.717, 1.165) is 39.4 Å². The van der Waals surface area contributed by atoms with E-state index in [-0.39, 0.29) is 22.3 Å². The Balaban J connectivity index is 1.18. The van der Waals surface area contributed by atoms with E-state index in [9.17, 15) is 39.9 Å². The number of nitrogens with zero attached hydrogens (tertiary/aromatic N) is 2. The van der Waals surface area contributed by atoms with Crippen LogP contribution in [0, 0.1) is 23.7 Å². The molecule has 1 aliphatic heterocycles. The molecule has 0 saturated carbocycles. The summed E-state index contributed by atoms with van der Waals surface area (Å²) < 4.78 is 99.2. The van der Waals surface area contributed by atoms with E-state index in [1.165, 1.54) is 23.9 Å².